The van der Waals surface area contributed by atoms with Crippen LogP contribution >= 0.6 is 0 Å². The summed E-state index contributed by atoms with van der Waals surface area (Å²) in [6, 6.07) is -0.612. The molecule has 0 aromatic rings. The van der Waals surface area contributed by atoms with E-state index in [-0.39, 0.29) is 11.1 Å². The van der Waals surface area contributed by atoms with Crippen LogP contribution in [0.1, 0.15) is 26.7 Å². The number of rotatable bonds is 4. The maximum Gasteiger partial charge on any atom is 0.331 e. The van der Waals surface area contributed by atoms with Gasteiger partial charge in [0.2, 0.25) is 0 Å². The van der Waals surface area contributed by atoms with Gasteiger partial charge in [-0.3, -0.25) is 10.1 Å². The second-order valence-corrected chi connectivity index (χ2v) is 4.78. The van der Waals surface area contributed by atoms with Gasteiger partial charge in [-0.1, -0.05) is 0 Å². The number of urea groups is 1. The van der Waals surface area contributed by atoms with E-state index in [0.717, 1.165) is 12.8 Å². The number of hydrogen-bond acceptors (Lipinski definition) is 4. The van der Waals surface area contributed by atoms with Gasteiger partial charge < -0.3 is 15.2 Å². The van der Waals surface area contributed by atoms with Crippen molar-refractivity contribution in [2.75, 3.05) is 19.8 Å². The molecule has 112 valence electrons. The highest BCUT2D eigenvalue weighted by atomic mass is 16.5. The van der Waals surface area contributed by atoms with Gasteiger partial charge >= 0.3 is 12.0 Å². The average Bonchev–Trinajstić information content (AvgIpc) is 2.44. The molecule has 1 saturated heterocycles. The molecule has 3 N–H and O–H groups in total. The molecule has 1 fully saturated rings. The number of aliphatic carboxylic acids is 1. The zero-order valence-corrected chi connectivity index (χ0v) is 11.7. The van der Waals surface area contributed by atoms with Crippen LogP contribution in [0.4, 0.5) is 4.79 Å². The van der Waals surface area contributed by atoms with E-state index in [1.807, 2.05) is 0 Å². The second-order valence-electron chi connectivity index (χ2n) is 4.78. The van der Waals surface area contributed by atoms with E-state index in [0.29, 0.717) is 25.7 Å². The molecule has 20 heavy (non-hydrogen) atoms. The molecule has 1 rings (SSSR count). The van der Waals surface area contributed by atoms with Crippen LogP contribution in [-0.4, -0.2) is 42.8 Å². The Morgan fingerprint density at radius 1 is 1.15 bits per heavy atom. The summed E-state index contributed by atoms with van der Waals surface area (Å²) in [7, 11) is 0. The van der Waals surface area contributed by atoms with Crippen LogP contribution in [0.3, 0.4) is 0 Å². The number of ether oxygens (including phenoxy) is 1. The van der Waals surface area contributed by atoms with Crippen LogP contribution < -0.4 is 10.6 Å². The molecular formula is C13H20N2O5. The van der Waals surface area contributed by atoms with Gasteiger partial charge in [0.15, 0.2) is 0 Å². The lowest BCUT2D eigenvalue weighted by Crippen LogP contribution is -2.42. The Morgan fingerprint density at radius 2 is 1.75 bits per heavy atom. The summed E-state index contributed by atoms with van der Waals surface area (Å²) in [5.41, 5.74) is -0.0709. The molecule has 0 aromatic heterocycles. The van der Waals surface area contributed by atoms with Crippen LogP contribution in [0.5, 0.6) is 0 Å². The molecule has 3 amide bonds. The third kappa shape index (κ3) is 5.00. The maximum absolute atomic E-state index is 11.6. The summed E-state index contributed by atoms with van der Waals surface area (Å²) in [5, 5.41) is 13.5. The zero-order valence-electron chi connectivity index (χ0n) is 11.7. The minimum Gasteiger partial charge on any atom is -0.478 e. The summed E-state index contributed by atoms with van der Waals surface area (Å²) >= 11 is 0. The van der Waals surface area contributed by atoms with Crippen molar-refractivity contribution in [1.29, 1.82) is 0 Å². The van der Waals surface area contributed by atoms with Crippen molar-refractivity contribution in [3.63, 3.8) is 0 Å². The Morgan fingerprint density at radius 3 is 2.30 bits per heavy atom. The standard InChI is InChI=1S/C13H20N2O5/c1-8(9(2)12(17)18)11(16)15-13(19)14-7-10-3-5-20-6-4-10/h10H,3-7H2,1-2H3,(H,17,18)(H2,14,15,16,19). The first-order valence-corrected chi connectivity index (χ1v) is 6.49. The van der Waals surface area contributed by atoms with Crippen LogP contribution in [0.25, 0.3) is 0 Å². The quantitative estimate of drug-likeness (QED) is 0.658. The lowest BCUT2D eigenvalue weighted by atomic mass is 10.0. The van der Waals surface area contributed by atoms with E-state index in [2.05, 4.69) is 10.6 Å². The highest BCUT2D eigenvalue weighted by molar-refractivity contribution is 6.07. The number of nitrogens with one attached hydrogen (secondary N) is 2. The third-order valence-electron chi connectivity index (χ3n) is 3.34. The summed E-state index contributed by atoms with van der Waals surface area (Å²) in [4.78, 5) is 33.9. The molecule has 0 bridgehead atoms. The Balaban J connectivity index is 2.40. The Bertz CT molecular complexity index is 424. The van der Waals surface area contributed by atoms with Crippen LogP contribution in [0.2, 0.25) is 0 Å². The summed E-state index contributed by atoms with van der Waals surface area (Å²) in [5.74, 6) is -1.53. The molecule has 0 saturated carbocycles. The number of imide groups is 1. The van der Waals surface area contributed by atoms with E-state index in [1.165, 1.54) is 13.8 Å². The Hall–Kier alpha value is -1.89. The van der Waals surface area contributed by atoms with Gasteiger partial charge in [-0.2, -0.15) is 0 Å². The van der Waals surface area contributed by atoms with Gasteiger partial charge in [0.1, 0.15) is 0 Å². The predicted octanol–water partition coefficient (Wildman–Crippen LogP) is 0.660. The topological polar surface area (TPSA) is 105 Å². The van der Waals surface area contributed by atoms with E-state index >= 15 is 0 Å². The number of carboxylic acid groups (broad SMARTS) is 1. The number of carbonyl (C=O) groups is 3. The number of carbonyl (C=O) groups excluding carboxylic acids is 2. The van der Waals surface area contributed by atoms with Crippen LogP contribution in [-0.2, 0) is 14.3 Å². The van der Waals surface area contributed by atoms with E-state index < -0.39 is 17.9 Å². The van der Waals surface area contributed by atoms with Crippen molar-refractivity contribution >= 4 is 17.9 Å². The fraction of sp³-hybridized carbons (Fsp3) is 0.615. The first kappa shape index (κ1) is 16.2. The minimum atomic E-state index is -1.18. The molecule has 7 nitrogen and oxygen atoms in total. The fourth-order valence-electron chi connectivity index (χ4n) is 1.76. The first-order chi connectivity index (χ1) is 9.41. The van der Waals surface area contributed by atoms with Gasteiger partial charge in [0, 0.05) is 30.9 Å². The Labute approximate surface area is 117 Å². The molecule has 1 aliphatic heterocycles. The summed E-state index contributed by atoms with van der Waals surface area (Å²) < 4.78 is 5.21. The first-order valence-electron chi connectivity index (χ1n) is 6.49. The van der Waals surface area contributed by atoms with Gasteiger partial charge in [-0.15, -0.1) is 0 Å². The molecule has 0 radical (unpaired) electrons. The largest absolute Gasteiger partial charge is 0.478 e. The fourth-order valence-corrected chi connectivity index (χ4v) is 1.76. The third-order valence-corrected chi connectivity index (χ3v) is 3.34. The zero-order chi connectivity index (χ0) is 15.1. The number of carboxylic acids is 1. The molecule has 1 heterocycles. The van der Waals surface area contributed by atoms with Crippen molar-refractivity contribution < 1.29 is 24.2 Å². The van der Waals surface area contributed by atoms with Crippen molar-refractivity contribution in [1.82, 2.24) is 10.6 Å². The maximum atomic E-state index is 11.6. The molecule has 0 unspecified atom stereocenters. The summed E-state index contributed by atoms with van der Waals surface area (Å²) in [6.45, 7) is 4.53. The SMILES string of the molecule is CC(C(=O)O)=C(C)C(=O)NC(=O)NCC1CCOCC1. The average molecular weight is 284 g/mol. The van der Waals surface area contributed by atoms with Gasteiger partial charge in [0.25, 0.3) is 5.91 Å². The van der Waals surface area contributed by atoms with Crippen molar-refractivity contribution in [2.45, 2.75) is 26.7 Å². The van der Waals surface area contributed by atoms with Gasteiger partial charge in [0.05, 0.1) is 0 Å². The van der Waals surface area contributed by atoms with Crippen molar-refractivity contribution in [3.8, 4) is 0 Å². The smallest absolute Gasteiger partial charge is 0.331 e. The predicted molar refractivity (Wildman–Crippen MR) is 71.1 cm³/mol. The second kappa shape index (κ2) is 7.64. The van der Waals surface area contributed by atoms with Crippen LogP contribution in [0, 0.1) is 5.92 Å². The summed E-state index contributed by atoms with van der Waals surface area (Å²) in [6.07, 6.45) is 1.76. The Kier molecular flexibility index (Phi) is 6.17. The number of amides is 3. The monoisotopic (exact) mass is 284 g/mol. The van der Waals surface area contributed by atoms with Crippen molar-refractivity contribution in [3.05, 3.63) is 11.1 Å². The molecule has 0 spiro atoms. The molecule has 1 aliphatic rings. The lowest BCUT2D eigenvalue weighted by Gasteiger charge is -2.22. The minimum absolute atomic E-state index is 0.0127. The highest BCUT2D eigenvalue weighted by Crippen LogP contribution is 2.13. The van der Waals surface area contributed by atoms with Crippen LogP contribution in [0.15, 0.2) is 11.1 Å². The molecule has 0 aromatic carbocycles. The van der Waals surface area contributed by atoms with Gasteiger partial charge in [-0.25, -0.2) is 9.59 Å². The lowest BCUT2D eigenvalue weighted by molar-refractivity contribution is -0.133. The van der Waals surface area contributed by atoms with E-state index in [9.17, 15) is 14.4 Å². The normalized spacial score (nSPS) is 17.1. The van der Waals surface area contributed by atoms with Gasteiger partial charge in [-0.05, 0) is 32.6 Å². The van der Waals surface area contributed by atoms with E-state index in [1.54, 1.807) is 0 Å². The molecule has 7 heteroatoms. The molecule has 0 aliphatic carbocycles. The molecule has 0 atom stereocenters. The van der Waals surface area contributed by atoms with E-state index in [4.69, 9.17) is 9.84 Å². The number of hydrogen-bond donors (Lipinski definition) is 3. The highest BCUT2D eigenvalue weighted by Gasteiger charge is 2.17. The van der Waals surface area contributed by atoms with Crippen molar-refractivity contribution in [2.24, 2.45) is 5.92 Å². The molecular weight excluding hydrogens is 264 g/mol.